The third-order valence-electron chi connectivity index (χ3n) is 5.21. The highest BCUT2D eigenvalue weighted by Crippen LogP contribution is 2.30. The summed E-state index contributed by atoms with van der Waals surface area (Å²) in [7, 11) is 0. The van der Waals surface area contributed by atoms with Crippen molar-refractivity contribution < 1.29 is 4.74 Å². The second-order valence-electron chi connectivity index (χ2n) is 8.09. The molecule has 2 rings (SSSR count). The van der Waals surface area contributed by atoms with Crippen LogP contribution in [-0.4, -0.2) is 48.8 Å². The van der Waals surface area contributed by atoms with E-state index in [0.717, 1.165) is 26.2 Å². The normalized spacial score (nSPS) is 37.0. The molecule has 118 valence electrons. The fourth-order valence-corrected chi connectivity index (χ4v) is 3.58. The van der Waals surface area contributed by atoms with Gasteiger partial charge in [-0.1, -0.05) is 27.7 Å². The van der Waals surface area contributed by atoms with Gasteiger partial charge in [0.15, 0.2) is 0 Å². The average Bonchev–Trinajstić information content (AvgIpc) is 2.38. The third kappa shape index (κ3) is 3.96. The second kappa shape index (κ2) is 6.33. The van der Waals surface area contributed by atoms with Crippen molar-refractivity contribution >= 4 is 0 Å². The molecule has 2 aliphatic heterocycles. The molecule has 3 unspecified atom stereocenters. The molecular formula is C17H34N2O. The predicted octanol–water partition coefficient (Wildman–Crippen LogP) is 3.04. The summed E-state index contributed by atoms with van der Waals surface area (Å²) in [6.07, 6.45) is 5.46. The summed E-state index contributed by atoms with van der Waals surface area (Å²) in [5, 5.41) is 3.79. The molecule has 3 atom stereocenters. The van der Waals surface area contributed by atoms with Crippen molar-refractivity contribution in [2.45, 2.75) is 78.0 Å². The van der Waals surface area contributed by atoms with E-state index in [2.05, 4.69) is 44.8 Å². The highest BCUT2D eigenvalue weighted by Gasteiger charge is 2.40. The Morgan fingerprint density at radius 1 is 1.30 bits per heavy atom. The Hall–Kier alpha value is -0.120. The maximum atomic E-state index is 5.98. The molecule has 0 aromatic heterocycles. The Kier molecular flexibility index (Phi) is 5.14. The monoisotopic (exact) mass is 282 g/mol. The predicted molar refractivity (Wildman–Crippen MR) is 85.1 cm³/mol. The van der Waals surface area contributed by atoms with Crippen molar-refractivity contribution in [1.29, 1.82) is 0 Å². The van der Waals surface area contributed by atoms with Crippen LogP contribution in [0.2, 0.25) is 0 Å². The molecule has 2 aliphatic rings. The van der Waals surface area contributed by atoms with E-state index in [9.17, 15) is 0 Å². The zero-order valence-corrected chi connectivity index (χ0v) is 14.2. The van der Waals surface area contributed by atoms with Crippen LogP contribution in [0.25, 0.3) is 0 Å². The summed E-state index contributed by atoms with van der Waals surface area (Å²) in [5.41, 5.74) is 0.577. The van der Waals surface area contributed by atoms with Gasteiger partial charge in [0.1, 0.15) is 0 Å². The Morgan fingerprint density at radius 3 is 2.60 bits per heavy atom. The molecule has 0 aliphatic carbocycles. The Morgan fingerprint density at radius 2 is 2.05 bits per heavy atom. The highest BCUT2D eigenvalue weighted by atomic mass is 16.5. The van der Waals surface area contributed by atoms with Crippen LogP contribution < -0.4 is 5.32 Å². The zero-order chi connectivity index (χ0) is 14.8. The molecule has 2 saturated heterocycles. The maximum Gasteiger partial charge on any atom is 0.0702 e. The van der Waals surface area contributed by atoms with Crippen LogP contribution in [0.5, 0.6) is 0 Å². The molecule has 0 amide bonds. The number of nitrogens with one attached hydrogen (secondary N) is 1. The van der Waals surface area contributed by atoms with Crippen LogP contribution in [0.15, 0.2) is 0 Å². The number of piperazine rings is 1. The smallest absolute Gasteiger partial charge is 0.0702 e. The van der Waals surface area contributed by atoms with Crippen molar-refractivity contribution in [2.75, 3.05) is 26.2 Å². The quantitative estimate of drug-likeness (QED) is 0.861. The molecule has 0 aromatic carbocycles. The van der Waals surface area contributed by atoms with Crippen LogP contribution in [0.4, 0.5) is 0 Å². The first-order valence-corrected chi connectivity index (χ1v) is 8.45. The van der Waals surface area contributed by atoms with Gasteiger partial charge < -0.3 is 10.1 Å². The first-order chi connectivity index (χ1) is 9.34. The van der Waals surface area contributed by atoms with Crippen LogP contribution in [-0.2, 0) is 4.74 Å². The topological polar surface area (TPSA) is 24.5 Å². The molecule has 1 N–H and O–H groups in total. The molecule has 3 nitrogen and oxygen atoms in total. The van der Waals surface area contributed by atoms with E-state index < -0.39 is 0 Å². The first kappa shape index (κ1) is 16.3. The lowest BCUT2D eigenvalue weighted by molar-refractivity contribution is -0.0461. The van der Waals surface area contributed by atoms with Gasteiger partial charge in [-0.15, -0.1) is 0 Å². The molecule has 3 heteroatoms. The van der Waals surface area contributed by atoms with Crippen LogP contribution in [0.1, 0.15) is 60.3 Å². The van der Waals surface area contributed by atoms with E-state index in [1.54, 1.807) is 0 Å². The number of hydrogen-bond acceptors (Lipinski definition) is 3. The van der Waals surface area contributed by atoms with E-state index in [1.807, 2.05) is 0 Å². The molecular weight excluding hydrogens is 248 g/mol. The first-order valence-electron chi connectivity index (χ1n) is 8.45. The Bertz CT molecular complexity index is 307. The SMILES string of the molecule is CCC1(C)CN(CC2CCCCO2)C(C(C)(C)C)CN1. The van der Waals surface area contributed by atoms with Gasteiger partial charge >= 0.3 is 0 Å². The van der Waals surface area contributed by atoms with Crippen LogP contribution >= 0.6 is 0 Å². The maximum absolute atomic E-state index is 5.98. The van der Waals surface area contributed by atoms with Gasteiger partial charge in [-0.25, -0.2) is 0 Å². The van der Waals surface area contributed by atoms with Gasteiger partial charge in [-0.2, -0.15) is 0 Å². The van der Waals surface area contributed by atoms with Crippen molar-refractivity contribution in [3.05, 3.63) is 0 Å². The molecule has 0 spiro atoms. The lowest BCUT2D eigenvalue weighted by Crippen LogP contribution is -2.66. The van der Waals surface area contributed by atoms with E-state index >= 15 is 0 Å². The largest absolute Gasteiger partial charge is 0.377 e. The summed E-state index contributed by atoms with van der Waals surface area (Å²) >= 11 is 0. The van der Waals surface area contributed by atoms with Gasteiger partial charge in [-0.3, -0.25) is 4.90 Å². The van der Waals surface area contributed by atoms with E-state index in [1.165, 1.54) is 25.7 Å². The summed E-state index contributed by atoms with van der Waals surface area (Å²) in [4.78, 5) is 2.70. The Labute approximate surface area is 125 Å². The lowest BCUT2D eigenvalue weighted by Gasteiger charge is -2.51. The minimum absolute atomic E-state index is 0.260. The number of ether oxygens (including phenoxy) is 1. The second-order valence-corrected chi connectivity index (χ2v) is 8.09. The van der Waals surface area contributed by atoms with E-state index in [0.29, 0.717) is 17.6 Å². The van der Waals surface area contributed by atoms with Gasteiger partial charge in [0.25, 0.3) is 0 Å². The molecule has 2 heterocycles. The van der Waals surface area contributed by atoms with Crippen molar-refractivity contribution in [3.63, 3.8) is 0 Å². The van der Waals surface area contributed by atoms with Gasteiger partial charge in [0.05, 0.1) is 6.10 Å². The van der Waals surface area contributed by atoms with E-state index in [-0.39, 0.29) is 5.54 Å². The lowest BCUT2D eigenvalue weighted by atomic mass is 9.81. The van der Waals surface area contributed by atoms with Gasteiger partial charge in [0.2, 0.25) is 0 Å². The fourth-order valence-electron chi connectivity index (χ4n) is 3.58. The third-order valence-corrected chi connectivity index (χ3v) is 5.21. The standard InChI is InChI=1S/C17H34N2O/c1-6-17(5)13-19(12-14-9-7-8-10-20-14)15(11-18-17)16(2,3)4/h14-15,18H,6-13H2,1-5H3. The number of hydrogen-bond donors (Lipinski definition) is 1. The molecule has 0 radical (unpaired) electrons. The zero-order valence-electron chi connectivity index (χ0n) is 14.2. The van der Waals surface area contributed by atoms with Crippen molar-refractivity contribution in [2.24, 2.45) is 5.41 Å². The molecule has 0 bridgehead atoms. The summed E-state index contributed by atoms with van der Waals surface area (Å²) in [6.45, 7) is 16.1. The number of rotatable bonds is 3. The van der Waals surface area contributed by atoms with Crippen LogP contribution in [0, 0.1) is 5.41 Å². The highest BCUT2D eigenvalue weighted by molar-refractivity contribution is 4.98. The molecule has 2 fully saturated rings. The van der Waals surface area contributed by atoms with Crippen molar-refractivity contribution in [3.8, 4) is 0 Å². The fraction of sp³-hybridized carbons (Fsp3) is 1.00. The van der Waals surface area contributed by atoms with Crippen molar-refractivity contribution in [1.82, 2.24) is 10.2 Å². The van der Waals surface area contributed by atoms with Gasteiger partial charge in [-0.05, 0) is 38.0 Å². The summed E-state index contributed by atoms with van der Waals surface area (Å²) in [6, 6.07) is 0.604. The summed E-state index contributed by atoms with van der Waals surface area (Å²) in [5.74, 6) is 0. The van der Waals surface area contributed by atoms with Crippen LogP contribution in [0.3, 0.4) is 0 Å². The number of nitrogens with zero attached hydrogens (tertiary/aromatic N) is 1. The summed E-state index contributed by atoms with van der Waals surface area (Å²) < 4.78 is 5.98. The minimum atomic E-state index is 0.260. The molecule has 0 saturated carbocycles. The average molecular weight is 282 g/mol. The molecule has 0 aromatic rings. The minimum Gasteiger partial charge on any atom is -0.377 e. The molecule has 20 heavy (non-hydrogen) atoms. The van der Waals surface area contributed by atoms with Gasteiger partial charge in [0, 0.05) is 37.8 Å². The Balaban J connectivity index is 2.05. The van der Waals surface area contributed by atoms with E-state index in [4.69, 9.17) is 4.74 Å².